The maximum atomic E-state index is 12.3. The number of rotatable bonds is 3. The van der Waals surface area contributed by atoms with Crippen molar-refractivity contribution >= 4 is 17.5 Å². The Balaban J connectivity index is 1.97. The highest BCUT2D eigenvalue weighted by atomic mass is 35.5. The predicted octanol–water partition coefficient (Wildman–Crippen LogP) is 0.725. The van der Waals surface area contributed by atoms with Gasteiger partial charge in [0.2, 0.25) is 0 Å². The van der Waals surface area contributed by atoms with E-state index in [-0.39, 0.29) is 5.91 Å². The van der Waals surface area contributed by atoms with Crippen LogP contribution in [0.5, 0.6) is 0 Å². The van der Waals surface area contributed by atoms with Crippen molar-refractivity contribution in [1.82, 2.24) is 19.6 Å². The summed E-state index contributed by atoms with van der Waals surface area (Å²) in [6.45, 7) is 6.11. The van der Waals surface area contributed by atoms with Gasteiger partial charge in [-0.15, -0.1) is 11.6 Å². The van der Waals surface area contributed by atoms with Crippen LogP contribution in [-0.4, -0.2) is 64.1 Å². The lowest BCUT2D eigenvalue weighted by Crippen LogP contribution is -2.49. The quantitative estimate of drug-likeness (QED) is 0.761. The summed E-state index contributed by atoms with van der Waals surface area (Å²) in [6, 6.07) is 0. The first-order valence-corrected chi connectivity index (χ1v) is 6.73. The fraction of sp³-hybridized carbons (Fsp3) is 0.667. The van der Waals surface area contributed by atoms with Gasteiger partial charge in [0.15, 0.2) is 0 Å². The number of carbonyl (C=O) groups is 1. The summed E-state index contributed by atoms with van der Waals surface area (Å²) >= 11 is 5.72. The summed E-state index contributed by atoms with van der Waals surface area (Å²) in [4.78, 5) is 16.5. The van der Waals surface area contributed by atoms with E-state index in [2.05, 4.69) is 10.00 Å². The molecule has 1 aliphatic rings. The van der Waals surface area contributed by atoms with Crippen LogP contribution in [0.1, 0.15) is 16.1 Å². The Morgan fingerprint density at radius 1 is 1.39 bits per heavy atom. The Bertz CT molecular complexity index is 424. The van der Waals surface area contributed by atoms with Crippen molar-refractivity contribution in [2.45, 2.75) is 6.92 Å². The zero-order chi connectivity index (χ0) is 13.1. The van der Waals surface area contributed by atoms with Crippen molar-refractivity contribution < 1.29 is 4.79 Å². The molecule has 0 N–H and O–H groups in total. The monoisotopic (exact) mass is 270 g/mol. The summed E-state index contributed by atoms with van der Waals surface area (Å²) in [5, 5.41) is 4.21. The molecule has 1 amide bonds. The van der Waals surface area contributed by atoms with E-state index in [0.717, 1.165) is 38.4 Å². The lowest BCUT2D eigenvalue weighted by molar-refractivity contribution is 0.0643. The molecule has 1 aromatic rings. The number of hydrogen-bond acceptors (Lipinski definition) is 3. The average molecular weight is 271 g/mol. The van der Waals surface area contributed by atoms with Gasteiger partial charge in [-0.05, 0) is 6.92 Å². The van der Waals surface area contributed by atoms with Crippen molar-refractivity contribution in [3.8, 4) is 0 Å². The lowest BCUT2D eigenvalue weighted by Gasteiger charge is -2.34. The number of aryl methyl sites for hydroxylation is 2. The van der Waals surface area contributed by atoms with E-state index in [1.54, 1.807) is 10.9 Å². The van der Waals surface area contributed by atoms with Gasteiger partial charge in [-0.1, -0.05) is 0 Å². The second kappa shape index (κ2) is 5.71. The second-order valence-electron chi connectivity index (χ2n) is 4.62. The Kier molecular flexibility index (Phi) is 4.24. The molecule has 1 aliphatic heterocycles. The smallest absolute Gasteiger partial charge is 0.257 e. The highest BCUT2D eigenvalue weighted by molar-refractivity contribution is 6.18. The molecule has 6 heteroatoms. The molecule has 18 heavy (non-hydrogen) atoms. The molecule has 0 unspecified atom stereocenters. The van der Waals surface area contributed by atoms with Gasteiger partial charge in [-0.25, -0.2) is 0 Å². The summed E-state index contributed by atoms with van der Waals surface area (Å²) in [6.07, 6.45) is 1.79. The molecule has 0 spiro atoms. The van der Waals surface area contributed by atoms with E-state index in [1.165, 1.54) is 0 Å². The number of nitrogens with zero attached hydrogens (tertiary/aromatic N) is 4. The maximum Gasteiger partial charge on any atom is 0.257 e. The lowest BCUT2D eigenvalue weighted by atomic mass is 10.2. The fourth-order valence-electron chi connectivity index (χ4n) is 2.27. The van der Waals surface area contributed by atoms with E-state index in [1.807, 2.05) is 18.9 Å². The molecule has 0 aromatic carbocycles. The minimum absolute atomic E-state index is 0.0890. The molecule has 0 bridgehead atoms. The normalized spacial score (nSPS) is 17.2. The minimum Gasteiger partial charge on any atom is -0.336 e. The summed E-state index contributed by atoms with van der Waals surface area (Å²) < 4.78 is 1.69. The number of alkyl halides is 1. The van der Waals surface area contributed by atoms with Gasteiger partial charge >= 0.3 is 0 Å². The van der Waals surface area contributed by atoms with Gasteiger partial charge in [-0.3, -0.25) is 14.4 Å². The van der Waals surface area contributed by atoms with Crippen LogP contribution in [0, 0.1) is 6.92 Å². The average Bonchev–Trinajstić information content (AvgIpc) is 2.69. The SMILES string of the molecule is Cc1nn(C)cc1C(=O)N1CCN(CCCl)CC1. The summed E-state index contributed by atoms with van der Waals surface area (Å²) in [5.74, 6) is 0.737. The van der Waals surface area contributed by atoms with E-state index < -0.39 is 0 Å². The molecular formula is C12H19ClN4O. The van der Waals surface area contributed by atoms with Gasteiger partial charge in [-0.2, -0.15) is 5.10 Å². The molecule has 2 rings (SSSR count). The topological polar surface area (TPSA) is 41.4 Å². The van der Waals surface area contributed by atoms with Crippen LogP contribution < -0.4 is 0 Å². The molecule has 1 saturated heterocycles. The first-order chi connectivity index (χ1) is 8.61. The Hall–Kier alpha value is -1.07. The minimum atomic E-state index is 0.0890. The molecule has 100 valence electrons. The van der Waals surface area contributed by atoms with E-state index in [0.29, 0.717) is 11.4 Å². The fourth-order valence-corrected chi connectivity index (χ4v) is 2.51. The zero-order valence-corrected chi connectivity index (χ0v) is 11.7. The van der Waals surface area contributed by atoms with Crippen LogP contribution in [0.15, 0.2) is 6.20 Å². The van der Waals surface area contributed by atoms with Crippen LogP contribution >= 0.6 is 11.6 Å². The third-order valence-corrected chi connectivity index (χ3v) is 3.47. The Morgan fingerprint density at radius 2 is 2.06 bits per heavy atom. The Labute approximate surface area is 112 Å². The van der Waals surface area contributed by atoms with Crippen LogP contribution in [0.3, 0.4) is 0 Å². The van der Waals surface area contributed by atoms with Gasteiger partial charge in [0.05, 0.1) is 11.3 Å². The molecule has 0 radical (unpaired) electrons. The van der Waals surface area contributed by atoms with E-state index in [9.17, 15) is 4.79 Å². The Morgan fingerprint density at radius 3 is 2.56 bits per heavy atom. The van der Waals surface area contributed by atoms with Crippen LogP contribution in [0.2, 0.25) is 0 Å². The van der Waals surface area contributed by atoms with Crippen molar-refractivity contribution in [1.29, 1.82) is 0 Å². The van der Waals surface area contributed by atoms with Crippen molar-refractivity contribution in [3.63, 3.8) is 0 Å². The molecule has 5 nitrogen and oxygen atoms in total. The third-order valence-electron chi connectivity index (χ3n) is 3.30. The summed E-state index contributed by atoms with van der Waals surface area (Å²) in [7, 11) is 1.84. The largest absolute Gasteiger partial charge is 0.336 e. The van der Waals surface area contributed by atoms with Crippen LogP contribution in [-0.2, 0) is 7.05 Å². The molecule has 0 atom stereocenters. The maximum absolute atomic E-state index is 12.3. The van der Waals surface area contributed by atoms with E-state index >= 15 is 0 Å². The number of piperazine rings is 1. The zero-order valence-electron chi connectivity index (χ0n) is 10.9. The molecule has 1 aromatic heterocycles. The molecule has 2 heterocycles. The molecule has 0 saturated carbocycles. The third kappa shape index (κ3) is 2.84. The number of amides is 1. The van der Waals surface area contributed by atoms with Gasteiger partial charge in [0.25, 0.3) is 5.91 Å². The molecule has 0 aliphatic carbocycles. The first-order valence-electron chi connectivity index (χ1n) is 6.19. The van der Waals surface area contributed by atoms with E-state index in [4.69, 9.17) is 11.6 Å². The van der Waals surface area contributed by atoms with Crippen molar-refractivity contribution in [2.24, 2.45) is 7.05 Å². The first kappa shape index (κ1) is 13.4. The highest BCUT2D eigenvalue weighted by Gasteiger charge is 2.23. The molecule has 1 fully saturated rings. The summed E-state index contributed by atoms with van der Waals surface area (Å²) in [5.41, 5.74) is 1.51. The highest BCUT2D eigenvalue weighted by Crippen LogP contribution is 2.11. The van der Waals surface area contributed by atoms with Crippen molar-refractivity contribution in [3.05, 3.63) is 17.5 Å². The van der Waals surface area contributed by atoms with Gasteiger partial charge < -0.3 is 4.90 Å². The van der Waals surface area contributed by atoms with Crippen LogP contribution in [0.25, 0.3) is 0 Å². The second-order valence-corrected chi connectivity index (χ2v) is 5.00. The van der Waals surface area contributed by atoms with Crippen molar-refractivity contribution in [2.75, 3.05) is 38.6 Å². The molecular weight excluding hydrogens is 252 g/mol. The predicted molar refractivity (Wildman–Crippen MR) is 71.0 cm³/mol. The number of hydrogen-bond donors (Lipinski definition) is 0. The van der Waals surface area contributed by atoms with Gasteiger partial charge in [0.1, 0.15) is 0 Å². The number of aromatic nitrogens is 2. The van der Waals surface area contributed by atoms with Crippen LogP contribution in [0.4, 0.5) is 0 Å². The number of halogens is 1. The number of carbonyl (C=O) groups excluding carboxylic acids is 1. The standard InChI is InChI=1S/C12H19ClN4O/c1-10-11(9-15(2)14-10)12(18)17-7-5-16(4-3-13)6-8-17/h9H,3-8H2,1-2H3. The van der Waals surface area contributed by atoms with Gasteiger partial charge in [0, 0.05) is 51.8 Å².